The molecule has 1 N–H and O–H groups in total. The molecule has 3 rings (SSSR count). The summed E-state index contributed by atoms with van der Waals surface area (Å²) in [5.41, 5.74) is 2.15. The van der Waals surface area contributed by atoms with Gasteiger partial charge in [-0.15, -0.1) is 0 Å². The van der Waals surface area contributed by atoms with Crippen LogP contribution in [0.25, 0.3) is 21.8 Å². The van der Waals surface area contributed by atoms with Crippen molar-refractivity contribution in [2.75, 3.05) is 0 Å². The van der Waals surface area contributed by atoms with Crippen LogP contribution in [0.2, 0.25) is 0 Å². The van der Waals surface area contributed by atoms with Gasteiger partial charge < -0.3 is 4.98 Å². The fourth-order valence-corrected chi connectivity index (χ4v) is 2.57. The molecule has 2 nitrogen and oxygen atoms in total. The number of H-pyrrole nitrogens is 1. The summed E-state index contributed by atoms with van der Waals surface area (Å²) >= 11 is 1.11. The van der Waals surface area contributed by atoms with E-state index in [0.29, 0.717) is 5.52 Å². The Balaban J connectivity index is 2.46. The van der Waals surface area contributed by atoms with E-state index >= 15 is 0 Å². The summed E-state index contributed by atoms with van der Waals surface area (Å²) in [6.07, 6.45) is 1.43. The second-order valence-electron chi connectivity index (χ2n) is 4.25. The monoisotopic (exact) mass is 358 g/mol. The average Bonchev–Trinajstić information content (AvgIpc) is 2.64. The van der Waals surface area contributed by atoms with Crippen LogP contribution in [0.4, 0.5) is 8.78 Å². The van der Waals surface area contributed by atoms with Gasteiger partial charge in [0.2, 0.25) is 0 Å². The molecule has 0 unspecified atom stereocenters. The van der Waals surface area contributed by atoms with Crippen molar-refractivity contribution in [1.82, 2.24) is 9.97 Å². The van der Waals surface area contributed by atoms with Crippen molar-refractivity contribution in [3.05, 3.63) is 41.7 Å². The van der Waals surface area contributed by atoms with E-state index in [4.69, 9.17) is 0 Å². The number of aromatic amines is 1. The minimum atomic E-state index is -2.98. The lowest BCUT2D eigenvalue weighted by Crippen LogP contribution is -2.05. The first-order valence-electron chi connectivity index (χ1n) is 5.41. The first kappa shape index (κ1) is 11.8. The molecule has 0 aliphatic carbocycles. The first-order chi connectivity index (χ1) is 8.47. The average molecular weight is 358 g/mol. The largest absolute Gasteiger partial charge is 0.353 e. The Morgan fingerprint density at radius 1 is 1.22 bits per heavy atom. The molecular formula is C13H9F2IN2. The van der Waals surface area contributed by atoms with Crippen LogP contribution < -0.4 is 0 Å². The normalized spacial score (nSPS) is 12.4. The van der Waals surface area contributed by atoms with Gasteiger partial charge in [0.25, 0.3) is 0 Å². The number of halogens is 3. The summed E-state index contributed by atoms with van der Waals surface area (Å²) in [6.45, 7) is 1.97. The number of nitrogens with zero attached hydrogens (tertiary/aromatic N) is 1. The Morgan fingerprint density at radius 2 is 2.00 bits per heavy atom. The highest BCUT2D eigenvalue weighted by atomic mass is 127. The number of benzene rings is 1. The Labute approximate surface area is 116 Å². The van der Waals surface area contributed by atoms with Gasteiger partial charge in [0.05, 0.1) is 5.52 Å². The quantitative estimate of drug-likeness (QED) is 0.503. The molecule has 0 spiro atoms. The molecule has 0 bridgehead atoms. The second-order valence-corrected chi connectivity index (χ2v) is 5.61. The van der Waals surface area contributed by atoms with Gasteiger partial charge in [-0.3, -0.25) is 4.98 Å². The third-order valence-electron chi connectivity index (χ3n) is 2.94. The molecule has 0 fully saturated rings. The zero-order valence-corrected chi connectivity index (χ0v) is 11.6. The molecule has 0 radical (unpaired) electrons. The van der Waals surface area contributed by atoms with Gasteiger partial charge in [-0.25, -0.2) is 0 Å². The predicted octanol–water partition coefficient (Wildman–Crippen LogP) is 4.51. The van der Waals surface area contributed by atoms with Gasteiger partial charge in [0, 0.05) is 45.1 Å². The molecule has 0 aliphatic heterocycles. The van der Waals surface area contributed by atoms with Crippen molar-refractivity contribution in [3.8, 4) is 0 Å². The lowest BCUT2D eigenvalue weighted by molar-refractivity contribution is 0.124. The maximum absolute atomic E-state index is 13.5. The lowest BCUT2D eigenvalue weighted by atomic mass is 10.1. The Bertz CT molecular complexity index is 744. The topological polar surface area (TPSA) is 28.7 Å². The van der Waals surface area contributed by atoms with E-state index in [0.717, 1.165) is 44.4 Å². The molecule has 0 saturated heterocycles. The van der Waals surface area contributed by atoms with Crippen LogP contribution in [0, 0.1) is 6.92 Å². The molecule has 18 heavy (non-hydrogen) atoms. The summed E-state index contributed by atoms with van der Waals surface area (Å²) in [5, 5.41) is 1.73. The predicted molar refractivity (Wildman–Crippen MR) is 76.3 cm³/mol. The van der Waals surface area contributed by atoms with Crippen LogP contribution in [0.15, 0.2) is 30.5 Å². The molecule has 3 aromatic rings. The minimum Gasteiger partial charge on any atom is -0.353 e. The van der Waals surface area contributed by atoms with Gasteiger partial charge >= 0.3 is 3.93 Å². The molecule has 92 valence electrons. The molecule has 0 saturated carbocycles. The Hall–Kier alpha value is -1.24. The van der Waals surface area contributed by atoms with E-state index in [-0.39, 0.29) is 5.69 Å². The van der Waals surface area contributed by atoms with Crippen molar-refractivity contribution < 1.29 is 8.78 Å². The molecule has 2 aromatic heterocycles. The number of rotatable bonds is 1. The smallest absolute Gasteiger partial charge is 0.340 e. The van der Waals surface area contributed by atoms with Crippen molar-refractivity contribution in [3.63, 3.8) is 0 Å². The molecular weight excluding hydrogens is 349 g/mol. The highest BCUT2D eigenvalue weighted by Crippen LogP contribution is 2.39. The summed E-state index contributed by atoms with van der Waals surface area (Å²) in [5.74, 6) is 0. The van der Waals surface area contributed by atoms with Crippen LogP contribution in [0.3, 0.4) is 0 Å². The van der Waals surface area contributed by atoms with Crippen molar-refractivity contribution in [2.24, 2.45) is 0 Å². The zero-order chi connectivity index (χ0) is 12.9. The number of hydrogen-bond acceptors (Lipinski definition) is 1. The molecule has 0 amide bonds. The first-order valence-corrected chi connectivity index (χ1v) is 6.49. The Morgan fingerprint density at radius 3 is 2.72 bits per heavy atom. The maximum atomic E-state index is 13.5. The Kier molecular flexibility index (Phi) is 2.55. The number of aromatic nitrogens is 2. The summed E-state index contributed by atoms with van der Waals surface area (Å²) in [4.78, 5) is 6.85. The second kappa shape index (κ2) is 3.88. The highest BCUT2D eigenvalue weighted by molar-refractivity contribution is 14.1. The third kappa shape index (κ3) is 1.77. The molecule has 5 heteroatoms. The highest BCUT2D eigenvalue weighted by Gasteiger charge is 2.31. The fourth-order valence-electron chi connectivity index (χ4n) is 2.16. The van der Waals surface area contributed by atoms with E-state index < -0.39 is 3.93 Å². The number of fused-ring (bicyclic) bond motifs is 3. The van der Waals surface area contributed by atoms with Gasteiger partial charge in [-0.1, -0.05) is 12.1 Å². The number of alkyl halides is 3. The summed E-state index contributed by atoms with van der Waals surface area (Å²) in [6, 6.07) is 7.62. The zero-order valence-electron chi connectivity index (χ0n) is 9.47. The van der Waals surface area contributed by atoms with Gasteiger partial charge in [0.15, 0.2) is 0 Å². The third-order valence-corrected chi connectivity index (χ3v) is 3.46. The maximum Gasteiger partial charge on any atom is 0.340 e. The van der Waals surface area contributed by atoms with Crippen LogP contribution in [-0.4, -0.2) is 9.97 Å². The van der Waals surface area contributed by atoms with Gasteiger partial charge in [0.1, 0.15) is 5.69 Å². The fraction of sp³-hybridized carbons (Fsp3) is 0.154. The molecule has 0 atom stereocenters. The van der Waals surface area contributed by atoms with Crippen LogP contribution in [-0.2, 0) is 3.93 Å². The molecule has 1 aromatic carbocycles. The van der Waals surface area contributed by atoms with E-state index in [2.05, 4.69) is 9.97 Å². The lowest BCUT2D eigenvalue weighted by Gasteiger charge is -2.07. The number of pyridine rings is 1. The van der Waals surface area contributed by atoms with Gasteiger partial charge in [-0.05, 0) is 24.6 Å². The van der Waals surface area contributed by atoms with E-state index in [9.17, 15) is 8.78 Å². The van der Waals surface area contributed by atoms with E-state index in [1.165, 1.54) is 6.20 Å². The molecule has 0 aliphatic rings. The SMILES string of the molecule is Cc1ccc2c(c1)[nH]c1c(C(F)(F)I)nccc12. The van der Waals surface area contributed by atoms with Crippen LogP contribution in [0.5, 0.6) is 0 Å². The van der Waals surface area contributed by atoms with Crippen LogP contribution in [0.1, 0.15) is 11.3 Å². The van der Waals surface area contributed by atoms with E-state index in [1.807, 2.05) is 25.1 Å². The van der Waals surface area contributed by atoms with Crippen molar-refractivity contribution >= 4 is 44.4 Å². The van der Waals surface area contributed by atoms with Crippen LogP contribution >= 0.6 is 22.6 Å². The van der Waals surface area contributed by atoms with E-state index in [1.54, 1.807) is 6.07 Å². The summed E-state index contributed by atoms with van der Waals surface area (Å²) < 4.78 is 24.0. The number of nitrogens with one attached hydrogen (secondary N) is 1. The molecule has 2 heterocycles. The van der Waals surface area contributed by atoms with Gasteiger partial charge in [-0.2, -0.15) is 8.78 Å². The summed E-state index contributed by atoms with van der Waals surface area (Å²) in [7, 11) is 0. The number of aryl methyl sites for hydroxylation is 1. The minimum absolute atomic E-state index is 0.213. The standard InChI is InChI=1S/C13H9F2IN2/c1-7-2-3-8-9-4-5-17-12(13(14,15)16)11(9)18-10(8)6-7/h2-6,18H,1H3. The van der Waals surface area contributed by atoms with Crippen molar-refractivity contribution in [1.29, 1.82) is 0 Å². The number of hydrogen-bond donors (Lipinski definition) is 1. The van der Waals surface area contributed by atoms with Crippen molar-refractivity contribution in [2.45, 2.75) is 10.9 Å².